The summed E-state index contributed by atoms with van der Waals surface area (Å²) in [6, 6.07) is 35.6. The first-order valence-corrected chi connectivity index (χ1v) is 16.7. The van der Waals surface area contributed by atoms with E-state index >= 15 is 0 Å². The topological polar surface area (TPSA) is 38.9 Å². The Morgan fingerprint density at radius 1 is 0.750 bits per heavy atom. The average Bonchev–Trinajstić information content (AvgIpc) is 3.70. The molecule has 0 fully saturated rings. The molecule has 5 heteroatoms. The van der Waals surface area contributed by atoms with E-state index in [0.29, 0.717) is 0 Å². The summed E-state index contributed by atoms with van der Waals surface area (Å²) in [5.41, 5.74) is 13.2. The van der Waals surface area contributed by atoms with Gasteiger partial charge in [-0.25, -0.2) is 0 Å². The molecule has 0 saturated heterocycles. The van der Waals surface area contributed by atoms with Gasteiger partial charge in [0.2, 0.25) is 0 Å². The fourth-order valence-electron chi connectivity index (χ4n) is 6.17. The number of nitrogens with zero attached hydrogens (tertiary/aromatic N) is 2. The van der Waals surface area contributed by atoms with Crippen molar-refractivity contribution in [2.45, 2.75) is 47.4 Å². The normalized spacial score (nSPS) is 11.7. The molecule has 0 aliphatic heterocycles. The van der Waals surface area contributed by atoms with Crippen LogP contribution in [0, 0.1) is 39.8 Å². The smallest absolute Gasteiger partial charge is 0.129 e. The van der Waals surface area contributed by atoms with E-state index in [1.54, 1.807) is 11.3 Å². The molecule has 8 rings (SSSR count). The fourth-order valence-corrected chi connectivity index (χ4v) is 6.95. The molecule has 0 saturated carbocycles. The number of benzene rings is 4. The zero-order valence-corrected chi connectivity index (χ0v) is 31.1. The number of aromatic nitrogens is 2. The Morgan fingerprint density at radius 3 is 2.21 bits per heavy atom. The Balaban J connectivity index is 0.000000234. The Bertz CT molecular complexity index is 2360. The van der Waals surface area contributed by atoms with Crippen LogP contribution in [0.15, 0.2) is 107 Å². The van der Waals surface area contributed by atoms with E-state index in [4.69, 9.17) is 10.8 Å². The summed E-state index contributed by atoms with van der Waals surface area (Å²) in [5.74, 6) is -0.799. The molecule has 0 bridgehead atoms. The van der Waals surface area contributed by atoms with E-state index < -0.39 is 5.89 Å². The third kappa shape index (κ3) is 6.39. The van der Waals surface area contributed by atoms with Gasteiger partial charge in [-0.3, -0.25) is 0 Å². The SMILES string of the molecule is Cc1c[c-]c(-c2ccc(C)cn2)cc1.[2H]C(C)(C)c1cc(-c2[c-]ccc3c2oc2c4ccsc4ccc32)ncc1-c1c(C)cccc1C.[Ir]. The second kappa shape index (κ2) is 14.0. The Hall–Kier alpha value is -4.41. The summed E-state index contributed by atoms with van der Waals surface area (Å²) in [6.45, 7) is 12.2. The van der Waals surface area contributed by atoms with Crippen LogP contribution in [0.1, 0.15) is 48.9 Å². The number of hydrogen-bond acceptors (Lipinski definition) is 4. The summed E-state index contributed by atoms with van der Waals surface area (Å²) in [6.07, 6.45) is 3.80. The van der Waals surface area contributed by atoms with Crippen molar-refractivity contribution in [1.29, 1.82) is 0 Å². The molecule has 0 N–H and O–H groups in total. The van der Waals surface area contributed by atoms with Crippen LogP contribution >= 0.6 is 11.3 Å². The van der Waals surface area contributed by atoms with Gasteiger partial charge in [0.15, 0.2) is 0 Å². The predicted octanol–water partition coefficient (Wildman–Crippen LogP) is 12.2. The van der Waals surface area contributed by atoms with Crippen molar-refractivity contribution in [2.75, 3.05) is 0 Å². The summed E-state index contributed by atoms with van der Waals surface area (Å²) in [4.78, 5) is 9.23. The number of pyridine rings is 2. The molecule has 0 aliphatic rings. The van der Waals surface area contributed by atoms with E-state index in [0.717, 1.165) is 66.5 Å². The third-order valence-electron chi connectivity index (χ3n) is 8.63. The number of hydrogen-bond donors (Lipinski definition) is 0. The van der Waals surface area contributed by atoms with Gasteiger partial charge in [0, 0.05) is 54.9 Å². The molecule has 1 radical (unpaired) electrons. The van der Waals surface area contributed by atoms with Crippen LogP contribution in [0.25, 0.3) is 65.7 Å². The molecular weight excluding hydrogens is 785 g/mol. The third-order valence-corrected chi connectivity index (χ3v) is 9.52. The molecule has 8 aromatic rings. The molecule has 0 atom stereocenters. The molecule has 0 aliphatic carbocycles. The monoisotopic (exact) mass is 822 g/mol. The minimum atomic E-state index is -0.799. The van der Waals surface area contributed by atoms with Crippen LogP contribution in [-0.4, -0.2) is 9.97 Å². The van der Waals surface area contributed by atoms with Gasteiger partial charge in [-0.2, -0.15) is 0 Å². The van der Waals surface area contributed by atoms with Gasteiger partial charge >= 0.3 is 0 Å². The Kier molecular flexibility index (Phi) is 9.36. The van der Waals surface area contributed by atoms with E-state index in [1.807, 2.05) is 63.5 Å². The van der Waals surface area contributed by atoms with Crippen molar-refractivity contribution in [3.8, 4) is 33.6 Å². The van der Waals surface area contributed by atoms with E-state index in [2.05, 4.69) is 97.9 Å². The van der Waals surface area contributed by atoms with Crippen molar-refractivity contribution in [2.24, 2.45) is 0 Å². The van der Waals surface area contributed by atoms with Crippen molar-refractivity contribution >= 4 is 43.4 Å². The van der Waals surface area contributed by atoms with Crippen LogP contribution in [0.5, 0.6) is 0 Å². The molecular formula is C43H36IrN2OS-2. The first kappa shape index (κ1) is 32.2. The summed E-state index contributed by atoms with van der Waals surface area (Å²) in [5, 5.41) is 5.39. The van der Waals surface area contributed by atoms with Crippen LogP contribution in [0.3, 0.4) is 0 Å². The zero-order chi connectivity index (χ0) is 33.6. The van der Waals surface area contributed by atoms with Gasteiger partial charge in [0.05, 0.1) is 5.58 Å². The quantitative estimate of drug-likeness (QED) is 0.166. The average molecular weight is 822 g/mol. The number of aryl methyl sites for hydroxylation is 4. The molecule has 0 amide bonds. The van der Waals surface area contributed by atoms with E-state index in [-0.39, 0.29) is 20.1 Å². The van der Waals surface area contributed by atoms with Gasteiger partial charge < -0.3 is 14.4 Å². The molecule has 3 nitrogen and oxygen atoms in total. The fraction of sp³-hybridized carbons (Fsp3) is 0.163. The molecule has 0 spiro atoms. The molecule has 0 unspecified atom stereocenters. The van der Waals surface area contributed by atoms with Crippen LogP contribution in [0.4, 0.5) is 0 Å². The Labute approximate surface area is 301 Å². The van der Waals surface area contributed by atoms with Gasteiger partial charge in [-0.1, -0.05) is 74.2 Å². The summed E-state index contributed by atoms with van der Waals surface area (Å²) < 4.78 is 16.6. The largest absolute Gasteiger partial charge is 0.500 e. The van der Waals surface area contributed by atoms with Gasteiger partial charge in [0.25, 0.3) is 0 Å². The second-order valence-electron chi connectivity index (χ2n) is 12.4. The summed E-state index contributed by atoms with van der Waals surface area (Å²) in [7, 11) is 0. The maximum atomic E-state index is 8.93. The molecule has 4 heterocycles. The van der Waals surface area contributed by atoms with E-state index in [1.165, 1.54) is 27.0 Å². The van der Waals surface area contributed by atoms with Crippen LogP contribution < -0.4 is 0 Å². The summed E-state index contributed by atoms with van der Waals surface area (Å²) >= 11 is 1.72. The zero-order valence-electron chi connectivity index (χ0n) is 28.9. The maximum absolute atomic E-state index is 8.93. The van der Waals surface area contributed by atoms with Crippen molar-refractivity contribution in [1.82, 2.24) is 9.97 Å². The van der Waals surface area contributed by atoms with Crippen LogP contribution in [0.2, 0.25) is 0 Å². The number of rotatable bonds is 4. The van der Waals surface area contributed by atoms with Gasteiger partial charge in [-0.15, -0.1) is 64.9 Å². The minimum Gasteiger partial charge on any atom is -0.500 e. The van der Waals surface area contributed by atoms with Crippen molar-refractivity contribution in [3.63, 3.8) is 0 Å². The molecule has 4 aromatic heterocycles. The van der Waals surface area contributed by atoms with Crippen molar-refractivity contribution < 1.29 is 25.9 Å². The van der Waals surface area contributed by atoms with Crippen LogP contribution in [-0.2, 0) is 20.1 Å². The number of furan rings is 1. The van der Waals surface area contributed by atoms with Crippen molar-refractivity contribution in [3.05, 3.63) is 143 Å². The molecule has 48 heavy (non-hydrogen) atoms. The maximum Gasteiger partial charge on any atom is 0.129 e. The minimum absolute atomic E-state index is 0. The Morgan fingerprint density at radius 2 is 1.50 bits per heavy atom. The van der Waals surface area contributed by atoms with Gasteiger partial charge in [-0.05, 0) is 83.4 Å². The van der Waals surface area contributed by atoms with E-state index in [9.17, 15) is 0 Å². The first-order valence-electron chi connectivity index (χ1n) is 16.3. The standard InChI is InChI=1S/C30H24NOS.C13H12N.Ir/c1-17(2)24-15-26(31-16-25(24)28-18(3)7-5-8-19(28)4)22-10-6-9-20-21-11-12-27-23(13-14-33-27)30(21)32-29(20)22;1-10-3-6-12(7-4-10)13-8-5-11(2)9-14-13;/h5-9,11-17H,1-4H3;3-6,8-9H,1-2H3;/q2*-1;/i17D;;. The van der Waals surface area contributed by atoms with Gasteiger partial charge in [0.1, 0.15) is 5.58 Å². The number of fused-ring (bicyclic) bond motifs is 5. The first-order chi connectivity index (χ1) is 23.1. The second-order valence-corrected chi connectivity index (χ2v) is 13.3. The molecule has 4 aromatic carbocycles. The molecule has 241 valence electrons. The number of thiophene rings is 1. The predicted molar refractivity (Wildman–Crippen MR) is 198 cm³/mol.